The molecule has 0 atom stereocenters. The van der Waals surface area contributed by atoms with Crippen LogP contribution in [-0.4, -0.2) is 39.8 Å². The van der Waals surface area contributed by atoms with Crippen LogP contribution in [0.1, 0.15) is 12.8 Å². The molecule has 0 aliphatic carbocycles. The number of carbonyl (C=O) groups excluding carboxylic acids is 1. The Hall–Kier alpha value is -3.62. The minimum absolute atomic E-state index is 0.102. The second-order valence-electron chi connectivity index (χ2n) is 5.99. The van der Waals surface area contributed by atoms with Crippen molar-refractivity contribution in [3.05, 3.63) is 47.1 Å². The van der Waals surface area contributed by atoms with Crippen LogP contribution >= 0.6 is 0 Å². The molecule has 0 bridgehead atoms. The molecule has 0 saturated heterocycles. The number of methoxy groups -OCH3 is 2. The van der Waals surface area contributed by atoms with Gasteiger partial charge in [-0.25, -0.2) is 9.97 Å². The second-order valence-corrected chi connectivity index (χ2v) is 5.99. The quantitative estimate of drug-likeness (QED) is 0.639. The first-order valence-corrected chi connectivity index (χ1v) is 8.58. The summed E-state index contributed by atoms with van der Waals surface area (Å²) in [6, 6.07) is 6.24. The lowest BCUT2D eigenvalue weighted by molar-refractivity contribution is -0.116. The van der Waals surface area contributed by atoms with Crippen molar-refractivity contribution in [2.75, 3.05) is 19.5 Å². The van der Waals surface area contributed by atoms with Crippen LogP contribution in [0.3, 0.4) is 0 Å². The molecule has 3 rings (SSSR count). The van der Waals surface area contributed by atoms with Crippen LogP contribution in [0.25, 0.3) is 10.9 Å². The maximum absolute atomic E-state index is 12.7. The summed E-state index contributed by atoms with van der Waals surface area (Å²) in [4.78, 5) is 32.9. The molecule has 0 unspecified atom stereocenters. The SMILES string of the molecule is COc1cc2ncn(CCCC(=O)Nc3ncccc3O)c(=O)c2cc1OC. The molecule has 1 amide bonds. The second kappa shape index (κ2) is 8.38. The fraction of sp³-hybridized carbons (Fsp3) is 0.263. The van der Waals surface area contributed by atoms with Gasteiger partial charge in [-0.15, -0.1) is 0 Å². The van der Waals surface area contributed by atoms with E-state index >= 15 is 0 Å². The van der Waals surface area contributed by atoms with Crippen molar-refractivity contribution in [2.24, 2.45) is 0 Å². The third-order valence-corrected chi connectivity index (χ3v) is 4.18. The van der Waals surface area contributed by atoms with Crippen LogP contribution in [0.15, 0.2) is 41.6 Å². The molecule has 0 saturated carbocycles. The molecule has 9 heteroatoms. The average molecular weight is 384 g/mol. The highest BCUT2D eigenvalue weighted by molar-refractivity contribution is 5.90. The Kier molecular flexibility index (Phi) is 5.73. The number of nitrogens with zero attached hydrogens (tertiary/aromatic N) is 3. The number of ether oxygens (including phenoxy) is 2. The number of aryl methyl sites for hydroxylation is 1. The van der Waals surface area contributed by atoms with Gasteiger partial charge in [0.15, 0.2) is 23.1 Å². The highest BCUT2D eigenvalue weighted by Crippen LogP contribution is 2.29. The van der Waals surface area contributed by atoms with Crippen LogP contribution < -0.4 is 20.3 Å². The fourth-order valence-corrected chi connectivity index (χ4v) is 2.74. The molecule has 0 spiro atoms. The van der Waals surface area contributed by atoms with Crippen molar-refractivity contribution >= 4 is 22.6 Å². The van der Waals surface area contributed by atoms with Gasteiger partial charge in [-0.2, -0.15) is 0 Å². The fourth-order valence-electron chi connectivity index (χ4n) is 2.74. The van der Waals surface area contributed by atoms with Gasteiger partial charge >= 0.3 is 0 Å². The van der Waals surface area contributed by atoms with E-state index in [2.05, 4.69) is 15.3 Å². The lowest BCUT2D eigenvalue weighted by atomic mass is 10.2. The van der Waals surface area contributed by atoms with Crippen molar-refractivity contribution in [3.8, 4) is 17.2 Å². The van der Waals surface area contributed by atoms with E-state index in [1.54, 1.807) is 18.2 Å². The van der Waals surface area contributed by atoms with E-state index < -0.39 is 0 Å². The van der Waals surface area contributed by atoms with Crippen LogP contribution in [0.5, 0.6) is 17.2 Å². The summed E-state index contributed by atoms with van der Waals surface area (Å²) in [5.41, 5.74) is 0.274. The van der Waals surface area contributed by atoms with Crippen molar-refractivity contribution < 1.29 is 19.4 Å². The summed E-state index contributed by atoms with van der Waals surface area (Å²) in [5, 5.41) is 12.6. The molecule has 0 aliphatic rings. The van der Waals surface area contributed by atoms with Gasteiger partial charge in [0, 0.05) is 25.2 Å². The predicted molar refractivity (Wildman–Crippen MR) is 103 cm³/mol. The van der Waals surface area contributed by atoms with Gasteiger partial charge in [0.1, 0.15) is 0 Å². The van der Waals surface area contributed by atoms with Gasteiger partial charge in [-0.3, -0.25) is 14.2 Å². The number of fused-ring (bicyclic) bond motifs is 1. The largest absolute Gasteiger partial charge is 0.504 e. The van der Waals surface area contributed by atoms with E-state index in [9.17, 15) is 14.7 Å². The van der Waals surface area contributed by atoms with E-state index in [0.717, 1.165) is 0 Å². The van der Waals surface area contributed by atoms with Crippen molar-refractivity contribution in [3.63, 3.8) is 0 Å². The van der Waals surface area contributed by atoms with Crippen molar-refractivity contribution in [1.29, 1.82) is 0 Å². The average Bonchev–Trinajstić information content (AvgIpc) is 2.70. The standard InChI is InChI=1S/C19H20N4O5/c1-27-15-9-12-13(10-16(15)28-2)21-11-23(19(12)26)8-4-6-17(25)22-18-14(24)5-3-7-20-18/h3,5,7,9-11,24H,4,6,8H2,1-2H3,(H,20,22,25). The minimum Gasteiger partial charge on any atom is -0.504 e. The molecule has 2 N–H and O–H groups in total. The summed E-state index contributed by atoms with van der Waals surface area (Å²) in [6.07, 6.45) is 3.49. The van der Waals surface area contributed by atoms with E-state index in [1.165, 1.54) is 37.4 Å². The van der Waals surface area contributed by atoms with Gasteiger partial charge in [0.2, 0.25) is 5.91 Å². The maximum Gasteiger partial charge on any atom is 0.261 e. The topological polar surface area (TPSA) is 116 Å². The van der Waals surface area contributed by atoms with Crippen molar-refractivity contribution in [2.45, 2.75) is 19.4 Å². The minimum atomic E-state index is -0.304. The van der Waals surface area contributed by atoms with E-state index in [0.29, 0.717) is 35.4 Å². The Bertz CT molecular complexity index is 1060. The molecular weight excluding hydrogens is 364 g/mol. The number of carbonyl (C=O) groups is 1. The monoisotopic (exact) mass is 384 g/mol. The summed E-state index contributed by atoms with van der Waals surface area (Å²) in [6.45, 7) is 0.317. The Morgan fingerprint density at radius 3 is 2.68 bits per heavy atom. The highest BCUT2D eigenvalue weighted by atomic mass is 16.5. The van der Waals surface area contributed by atoms with Gasteiger partial charge in [0.05, 0.1) is 31.4 Å². The van der Waals surface area contributed by atoms with Crippen molar-refractivity contribution in [1.82, 2.24) is 14.5 Å². The number of pyridine rings is 1. The molecule has 146 valence electrons. The van der Waals surface area contributed by atoms with E-state index in [1.807, 2.05) is 0 Å². The van der Waals surface area contributed by atoms with Crippen LogP contribution in [0.4, 0.5) is 5.82 Å². The number of hydrogen-bond acceptors (Lipinski definition) is 7. The van der Waals surface area contributed by atoms with Crippen LogP contribution in [0, 0.1) is 0 Å². The Morgan fingerprint density at radius 2 is 1.96 bits per heavy atom. The Labute approximate surface area is 160 Å². The molecule has 0 aliphatic heterocycles. The normalized spacial score (nSPS) is 10.6. The molecule has 28 heavy (non-hydrogen) atoms. The number of benzene rings is 1. The number of nitrogens with one attached hydrogen (secondary N) is 1. The highest BCUT2D eigenvalue weighted by Gasteiger charge is 2.12. The number of rotatable bonds is 7. The zero-order valence-corrected chi connectivity index (χ0v) is 15.5. The molecule has 1 aromatic carbocycles. The van der Waals surface area contributed by atoms with Gasteiger partial charge < -0.3 is 19.9 Å². The van der Waals surface area contributed by atoms with Crippen LogP contribution in [0.2, 0.25) is 0 Å². The first kappa shape index (κ1) is 19.2. The van der Waals surface area contributed by atoms with Gasteiger partial charge in [-0.1, -0.05) is 0 Å². The third kappa shape index (κ3) is 4.03. The number of anilines is 1. The smallest absolute Gasteiger partial charge is 0.261 e. The molecule has 0 fully saturated rings. The molecule has 2 aromatic heterocycles. The van der Waals surface area contributed by atoms with Gasteiger partial charge in [0.25, 0.3) is 5.56 Å². The number of amides is 1. The summed E-state index contributed by atoms with van der Waals surface area (Å²) in [7, 11) is 3.01. The van der Waals surface area contributed by atoms with Gasteiger partial charge in [-0.05, 0) is 24.6 Å². The molecular formula is C19H20N4O5. The maximum atomic E-state index is 12.7. The lowest BCUT2D eigenvalue weighted by Gasteiger charge is -2.10. The summed E-state index contributed by atoms with van der Waals surface area (Å²) >= 11 is 0. The van der Waals surface area contributed by atoms with E-state index in [4.69, 9.17) is 9.47 Å². The summed E-state index contributed by atoms with van der Waals surface area (Å²) < 4.78 is 11.9. The number of aromatic nitrogens is 3. The molecule has 2 heterocycles. The molecule has 0 radical (unpaired) electrons. The third-order valence-electron chi connectivity index (χ3n) is 4.18. The van der Waals surface area contributed by atoms with Crippen LogP contribution in [-0.2, 0) is 11.3 Å². The zero-order valence-electron chi connectivity index (χ0n) is 15.5. The Morgan fingerprint density at radius 1 is 1.21 bits per heavy atom. The predicted octanol–water partition coefficient (Wildman–Crippen LogP) is 1.93. The summed E-state index contributed by atoms with van der Waals surface area (Å²) in [5.74, 6) is 0.644. The number of hydrogen-bond donors (Lipinski definition) is 2. The lowest BCUT2D eigenvalue weighted by Crippen LogP contribution is -2.22. The van der Waals surface area contributed by atoms with E-state index in [-0.39, 0.29) is 29.5 Å². The first-order chi connectivity index (χ1) is 13.5. The number of aromatic hydroxyl groups is 1. The zero-order chi connectivity index (χ0) is 20.1. The Balaban J connectivity index is 1.69. The molecule has 3 aromatic rings. The first-order valence-electron chi connectivity index (χ1n) is 8.58. The molecule has 9 nitrogen and oxygen atoms in total.